The van der Waals surface area contributed by atoms with Gasteiger partial charge in [0, 0.05) is 15.8 Å². The van der Waals surface area contributed by atoms with Crippen molar-refractivity contribution in [3.63, 3.8) is 0 Å². The van der Waals surface area contributed by atoms with E-state index in [4.69, 9.17) is 23.2 Å². The molecular formula is C14H7Cl2N3O2S2. The molecule has 2 aromatic heterocycles. The predicted molar refractivity (Wildman–Crippen MR) is 93.8 cm³/mol. The third-order valence-corrected chi connectivity index (χ3v) is 6.26. The van der Waals surface area contributed by atoms with Gasteiger partial charge >= 0.3 is 5.69 Å². The first-order valence-corrected chi connectivity index (χ1v) is 8.82. The van der Waals surface area contributed by atoms with E-state index in [0.29, 0.717) is 24.7 Å². The average molecular weight is 384 g/mol. The summed E-state index contributed by atoms with van der Waals surface area (Å²) in [5, 5.41) is 10.4. The molecule has 0 aliphatic heterocycles. The average Bonchev–Trinajstić information content (AvgIpc) is 2.84. The van der Waals surface area contributed by atoms with Gasteiger partial charge < -0.3 is 4.98 Å². The van der Waals surface area contributed by atoms with Crippen molar-refractivity contribution in [2.24, 2.45) is 0 Å². The van der Waals surface area contributed by atoms with Crippen LogP contribution in [-0.2, 0) is 5.75 Å². The Labute approximate surface area is 147 Å². The summed E-state index contributed by atoms with van der Waals surface area (Å²) in [5.41, 5.74) is 0.153. The number of thiophene rings is 1. The second-order valence-corrected chi connectivity index (χ2v) is 7.56. The number of H-pyrrole nitrogens is 2. The zero-order valence-electron chi connectivity index (χ0n) is 11.3. The van der Waals surface area contributed by atoms with E-state index in [2.05, 4.69) is 9.97 Å². The van der Waals surface area contributed by atoms with Gasteiger partial charge in [-0.05, 0) is 17.7 Å². The predicted octanol–water partition coefficient (Wildman–Crippen LogP) is 3.75. The molecule has 1 aromatic carbocycles. The number of halogens is 2. The van der Waals surface area contributed by atoms with Gasteiger partial charge in [0.25, 0.3) is 5.56 Å². The summed E-state index contributed by atoms with van der Waals surface area (Å²) in [7, 11) is 0. The smallest absolute Gasteiger partial charge is 0.305 e. The molecule has 2 heterocycles. The number of aromatic amines is 2. The molecule has 0 radical (unpaired) electrons. The van der Waals surface area contributed by atoms with Crippen LogP contribution in [0.1, 0.15) is 11.1 Å². The van der Waals surface area contributed by atoms with Crippen LogP contribution in [0, 0.1) is 11.3 Å². The molecule has 3 aromatic rings. The summed E-state index contributed by atoms with van der Waals surface area (Å²) in [4.78, 5) is 27.9. The van der Waals surface area contributed by atoms with E-state index in [1.165, 1.54) is 11.8 Å². The highest BCUT2D eigenvalue weighted by molar-refractivity contribution is 8.00. The fraction of sp³-hybridized carbons (Fsp3) is 0.0714. The van der Waals surface area contributed by atoms with Crippen LogP contribution < -0.4 is 11.2 Å². The van der Waals surface area contributed by atoms with Gasteiger partial charge in [-0.2, -0.15) is 5.26 Å². The Kier molecular flexibility index (Phi) is 4.50. The lowest BCUT2D eigenvalue weighted by molar-refractivity contribution is 1.08. The summed E-state index contributed by atoms with van der Waals surface area (Å²) in [6.45, 7) is 0. The van der Waals surface area contributed by atoms with Crippen LogP contribution >= 0.6 is 46.3 Å². The monoisotopic (exact) mass is 383 g/mol. The number of hydrogen-bond acceptors (Lipinski definition) is 5. The Balaban J connectivity index is 2.04. The van der Waals surface area contributed by atoms with E-state index in [1.807, 2.05) is 6.07 Å². The minimum Gasteiger partial charge on any atom is -0.305 e. The van der Waals surface area contributed by atoms with Gasteiger partial charge in [0.05, 0.1) is 9.73 Å². The summed E-state index contributed by atoms with van der Waals surface area (Å²) in [6.07, 6.45) is 0. The van der Waals surface area contributed by atoms with Crippen molar-refractivity contribution in [1.82, 2.24) is 9.97 Å². The Hall–Kier alpha value is -1.72. The Morgan fingerprint density at radius 1 is 1.22 bits per heavy atom. The van der Waals surface area contributed by atoms with Gasteiger partial charge in [0.2, 0.25) is 0 Å². The number of nitriles is 1. The molecule has 0 unspecified atom stereocenters. The maximum atomic E-state index is 11.8. The second kappa shape index (κ2) is 6.42. The van der Waals surface area contributed by atoms with Gasteiger partial charge in [0.15, 0.2) is 0 Å². The van der Waals surface area contributed by atoms with Crippen molar-refractivity contribution >= 4 is 56.5 Å². The van der Waals surface area contributed by atoms with Gasteiger partial charge in [-0.1, -0.05) is 29.3 Å². The minimum atomic E-state index is -0.637. The van der Waals surface area contributed by atoms with Crippen LogP contribution in [0.3, 0.4) is 0 Å². The third kappa shape index (κ3) is 3.03. The van der Waals surface area contributed by atoms with Gasteiger partial charge in [0.1, 0.15) is 16.3 Å². The number of benzene rings is 1. The summed E-state index contributed by atoms with van der Waals surface area (Å²) in [6, 6.07) is 7.27. The second-order valence-electron chi connectivity index (χ2n) is 4.48. The molecule has 0 saturated heterocycles. The lowest BCUT2D eigenvalue weighted by Gasteiger charge is -2.05. The first kappa shape index (κ1) is 16.1. The number of hydrogen-bond donors (Lipinski definition) is 2. The lowest BCUT2D eigenvalue weighted by atomic mass is 10.2. The maximum Gasteiger partial charge on any atom is 0.326 e. The molecule has 0 bridgehead atoms. The van der Waals surface area contributed by atoms with E-state index in [1.54, 1.807) is 18.2 Å². The molecule has 0 aliphatic rings. The van der Waals surface area contributed by atoms with Gasteiger partial charge in [-0.25, -0.2) is 4.79 Å². The highest BCUT2D eigenvalue weighted by Crippen LogP contribution is 2.38. The lowest BCUT2D eigenvalue weighted by Crippen LogP contribution is -2.20. The maximum absolute atomic E-state index is 11.8. The highest BCUT2D eigenvalue weighted by atomic mass is 35.5. The molecule has 0 atom stereocenters. The van der Waals surface area contributed by atoms with Crippen molar-refractivity contribution in [1.29, 1.82) is 5.26 Å². The quantitative estimate of drug-likeness (QED) is 0.673. The molecule has 0 aliphatic carbocycles. The van der Waals surface area contributed by atoms with Gasteiger partial charge in [-0.15, -0.1) is 23.1 Å². The van der Waals surface area contributed by atoms with E-state index < -0.39 is 11.2 Å². The molecule has 9 heteroatoms. The zero-order chi connectivity index (χ0) is 16.6. The largest absolute Gasteiger partial charge is 0.326 e. The third-order valence-electron chi connectivity index (χ3n) is 3.07. The summed E-state index contributed by atoms with van der Waals surface area (Å²) >= 11 is 14.8. The van der Waals surface area contributed by atoms with Crippen molar-refractivity contribution in [2.75, 3.05) is 0 Å². The Bertz CT molecular complexity index is 1040. The van der Waals surface area contributed by atoms with Crippen molar-refractivity contribution in [2.45, 2.75) is 9.96 Å². The van der Waals surface area contributed by atoms with Crippen molar-refractivity contribution in [3.8, 4) is 6.07 Å². The van der Waals surface area contributed by atoms with Crippen LogP contribution in [0.4, 0.5) is 0 Å². The molecule has 2 N–H and O–H groups in total. The topological polar surface area (TPSA) is 89.5 Å². The van der Waals surface area contributed by atoms with Crippen LogP contribution in [-0.4, -0.2) is 9.97 Å². The van der Waals surface area contributed by atoms with E-state index in [-0.39, 0.29) is 11.1 Å². The highest BCUT2D eigenvalue weighted by Gasteiger charge is 2.17. The number of nitrogens with one attached hydrogen (secondary N) is 2. The molecule has 5 nitrogen and oxygen atoms in total. The molecule has 3 rings (SSSR count). The fourth-order valence-corrected chi connectivity index (χ4v) is 5.07. The van der Waals surface area contributed by atoms with Crippen LogP contribution in [0.25, 0.3) is 10.2 Å². The Morgan fingerprint density at radius 3 is 2.57 bits per heavy atom. The number of thioether (sulfide) groups is 1. The number of fused-ring (bicyclic) bond motifs is 1. The molecule has 0 spiro atoms. The number of rotatable bonds is 3. The standard InChI is InChI=1S/C14H7Cl2N3O2S2/c15-8-2-1-3-9(16)7(8)5-22-13-6(4-17)10-11(23-13)12(20)19-14(21)18-10/h1-3H,5H2,(H2,18,19,20,21). The normalized spacial score (nSPS) is 10.8. The number of nitrogens with zero attached hydrogens (tertiary/aromatic N) is 1. The molecule has 23 heavy (non-hydrogen) atoms. The van der Waals surface area contributed by atoms with E-state index in [0.717, 1.165) is 16.9 Å². The minimum absolute atomic E-state index is 0.263. The first-order chi connectivity index (χ1) is 11.0. The van der Waals surface area contributed by atoms with Gasteiger partial charge in [-0.3, -0.25) is 9.78 Å². The fourth-order valence-electron chi connectivity index (χ4n) is 2.01. The van der Waals surface area contributed by atoms with Crippen molar-refractivity contribution in [3.05, 3.63) is 60.2 Å². The van der Waals surface area contributed by atoms with Crippen LogP contribution in [0.15, 0.2) is 32.0 Å². The van der Waals surface area contributed by atoms with E-state index in [9.17, 15) is 14.9 Å². The summed E-state index contributed by atoms with van der Waals surface area (Å²) < 4.78 is 0.944. The van der Waals surface area contributed by atoms with Crippen LogP contribution in [0.5, 0.6) is 0 Å². The zero-order valence-corrected chi connectivity index (χ0v) is 14.4. The number of aromatic nitrogens is 2. The summed E-state index contributed by atoms with van der Waals surface area (Å²) in [5.74, 6) is 0.447. The molecular weight excluding hydrogens is 377 g/mol. The Morgan fingerprint density at radius 2 is 1.91 bits per heavy atom. The molecule has 0 fully saturated rings. The SMILES string of the molecule is N#Cc1c(SCc2c(Cl)cccc2Cl)sc2c(=O)[nH]c(=O)[nH]c12. The molecule has 0 saturated carbocycles. The molecule has 116 valence electrons. The van der Waals surface area contributed by atoms with Crippen molar-refractivity contribution < 1.29 is 0 Å². The first-order valence-electron chi connectivity index (χ1n) is 6.26. The molecule has 0 amide bonds. The van der Waals surface area contributed by atoms with E-state index >= 15 is 0 Å². The van der Waals surface area contributed by atoms with Crippen LogP contribution in [0.2, 0.25) is 10.0 Å².